The van der Waals surface area contributed by atoms with Crippen molar-refractivity contribution in [1.29, 1.82) is 0 Å². The van der Waals surface area contributed by atoms with Gasteiger partial charge in [-0.15, -0.1) is 0 Å². The number of likely N-dealkylation sites (N-methyl/N-ethyl adjacent to an activating group) is 1. The average molecular weight is 269 g/mol. The van der Waals surface area contributed by atoms with Crippen LogP contribution in [-0.4, -0.2) is 72.1 Å². The predicted octanol–water partition coefficient (Wildman–Crippen LogP) is -0.254. The van der Waals surface area contributed by atoms with Crippen molar-refractivity contribution >= 4 is 11.9 Å². The van der Waals surface area contributed by atoms with Gasteiger partial charge in [0.2, 0.25) is 5.91 Å². The van der Waals surface area contributed by atoms with Crippen molar-refractivity contribution in [2.45, 2.75) is 37.8 Å². The van der Waals surface area contributed by atoms with Crippen molar-refractivity contribution in [3.63, 3.8) is 0 Å². The van der Waals surface area contributed by atoms with Crippen LogP contribution in [0.4, 0.5) is 0 Å². The third-order valence-electron chi connectivity index (χ3n) is 4.25. The predicted molar refractivity (Wildman–Crippen MR) is 70.9 cm³/mol. The van der Waals surface area contributed by atoms with E-state index in [2.05, 4.69) is 15.1 Å². The average Bonchev–Trinajstić information content (AvgIpc) is 2.89. The summed E-state index contributed by atoms with van der Waals surface area (Å²) in [6, 6.07) is 0.0695. The SMILES string of the molecule is CNC(=O)CN1CCC(N2CCCC2C(=O)O)CC1. The van der Waals surface area contributed by atoms with E-state index in [1.807, 2.05) is 0 Å². The fraction of sp³-hybridized carbons (Fsp3) is 0.846. The first-order valence-electron chi connectivity index (χ1n) is 7.03. The minimum Gasteiger partial charge on any atom is -0.480 e. The number of nitrogens with zero attached hydrogens (tertiary/aromatic N) is 2. The van der Waals surface area contributed by atoms with Crippen LogP contribution in [0.1, 0.15) is 25.7 Å². The van der Waals surface area contributed by atoms with Gasteiger partial charge in [0.05, 0.1) is 6.54 Å². The fourth-order valence-corrected chi connectivity index (χ4v) is 3.18. The molecule has 2 rings (SSSR count). The van der Waals surface area contributed by atoms with E-state index in [0.29, 0.717) is 12.6 Å². The van der Waals surface area contributed by atoms with E-state index in [9.17, 15) is 14.7 Å². The minimum atomic E-state index is -0.690. The van der Waals surface area contributed by atoms with Gasteiger partial charge in [0.15, 0.2) is 0 Å². The van der Waals surface area contributed by atoms with Gasteiger partial charge in [-0.05, 0) is 32.2 Å². The van der Waals surface area contributed by atoms with Gasteiger partial charge in [-0.2, -0.15) is 0 Å². The lowest BCUT2D eigenvalue weighted by Gasteiger charge is -2.38. The van der Waals surface area contributed by atoms with Crippen molar-refractivity contribution in [1.82, 2.24) is 15.1 Å². The normalized spacial score (nSPS) is 26.5. The summed E-state index contributed by atoms with van der Waals surface area (Å²) in [5.74, 6) is -0.645. The Kier molecular flexibility index (Phi) is 4.76. The summed E-state index contributed by atoms with van der Waals surface area (Å²) in [6.45, 7) is 3.10. The molecule has 0 aromatic carbocycles. The van der Waals surface area contributed by atoms with Gasteiger partial charge in [0.25, 0.3) is 0 Å². The Hall–Kier alpha value is -1.14. The number of hydrogen-bond acceptors (Lipinski definition) is 4. The Morgan fingerprint density at radius 3 is 2.47 bits per heavy atom. The van der Waals surface area contributed by atoms with E-state index in [-0.39, 0.29) is 11.9 Å². The van der Waals surface area contributed by atoms with Gasteiger partial charge in [-0.3, -0.25) is 19.4 Å². The van der Waals surface area contributed by atoms with E-state index in [1.165, 1.54) is 0 Å². The second-order valence-corrected chi connectivity index (χ2v) is 5.41. The molecule has 6 nitrogen and oxygen atoms in total. The number of carbonyl (C=O) groups is 2. The number of likely N-dealkylation sites (tertiary alicyclic amines) is 2. The lowest BCUT2D eigenvalue weighted by Crippen LogP contribution is -2.50. The fourth-order valence-electron chi connectivity index (χ4n) is 3.18. The molecule has 0 aromatic rings. The van der Waals surface area contributed by atoms with E-state index in [0.717, 1.165) is 45.3 Å². The number of aliphatic carboxylic acids is 1. The number of carbonyl (C=O) groups excluding carboxylic acids is 1. The molecule has 0 spiro atoms. The van der Waals surface area contributed by atoms with Gasteiger partial charge >= 0.3 is 5.97 Å². The van der Waals surface area contributed by atoms with Crippen LogP contribution in [0.5, 0.6) is 0 Å². The number of piperidine rings is 1. The highest BCUT2D eigenvalue weighted by molar-refractivity contribution is 5.77. The summed E-state index contributed by atoms with van der Waals surface area (Å²) in [7, 11) is 1.65. The third kappa shape index (κ3) is 3.45. The molecule has 0 radical (unpaired) electrons. The second-order valence-electron chi connectivity index (χ2n) is 5.41. The molecular formula is C13H23N3O3. The number of rotatable bonds is 4. The molecule has 108 valence electrons. The van der Waals surface area contributed by atoms with Crippen LogP contribution in [0.25, 0.3) is 0 Å². The minimum absolute atomic E-state index is 0.0445. The third-order valence-corrected chi connectivity index (χ3v) is 4.25. The zero-order chi connectivity index (χ0) is 13.8. The molecule has 2 heterocycles. The lowest BCUT2D eigenvalue weighted by atomic mass is 10.0. The summed E-state index contributed by atoms with van der Waals surface area (Å²) in [6.07, 6.45) is 3.67. The zero-order valence-corrected chi connectivity index (χ0v) is 11.5. The largest absolute Gasteiger partial charge is 0.480 e. The molecular weight excluding hydrogens is 246 g/mol. The maximum Gasteiger partial charge on any atom is 0.320 e. The van der Waals surface area contributed by atoms with E-state index in [4.69, 9.17) is 0 Å². The van der Waals surface area contributed by atoms with Gasteiger partial charge in [0.1, 0.15) is 6.04 Å². The molecule has 0 aliphatic carbocycles. The molecule has 0 saturated carbocycles. The molecule has 2 fully saturated rings. The molecule has 1 unspecified atom stereocenters. The van der Waals surface area contributed by atoms with Crippen molar-refractivity contribution in [2.75, 3.05) is 33.2 Å². The molecule has 2 aliphatic rings. The molecule has 2 N–H and O–H groups in total. The molecule has 1 atom stereocenters. The zero-order valence-electron chi connectivity index (χ0n) is 11.5. The summed E-state index contributed by atoms with van der Waals surface area (Å²) in [5, 5.41) is 11.8. The summed E-state index contributed by atoms with van der Waals surface area (Å²) in [4.78, 5) is 26.8. The van der Waals surface area contributed by atoms with E-state index in [1.54, 1.807) is 7.05 Å². The van der Waals surface area contributed by atoms with Crippen molar-refractivity contribution in [3.05, 3.63) is 0 Å². The Bertz CT molecular complexity index is 340. The first-order valence-corrected chi connectivity index (χ1v) is 7.03. The smallest absolute Gasteiger partial charge is 0.320 e. The monoisotopic (exact) mass is 269 g/mol. The highest BCUT2D eigenvalue weighted by Gasteiger charge is 2.36. The number of carboxylic acids is 1. The highest BCUT2D eigenvalue weighted by atomic mass is 16.4. The number of amides is 1. The Balaban J connectivity index is 1.82. The van der Waals surface area contributed by atoms with Crippen LogP contribution in [0.2, 0.25) is 0 Å². The van der Waals surface area contributed by atoms with Crippen LogP contribution in [-0.2, 0) is 9.59 Å². The van der Waals surface area contributed by atoms with E-state index >= 15 is 0 Å². The van der Waals surface area contributed by atoms with Crippen LogP contribution >= 0.6 is 0 Å². The highest BCUT2D eigenvalue weighted by Crippen LogP contribution is 2.26. The molecule has 2 aliphatic heterocycles. The molecule has 6 heteroatoms. The summed E-state index contributed by atoms with van der Waals surface area (Å²) < 4.78 is 0. The Labute approximate surface area is 113 Å². The second kappa shape index (κ2) is 6.34. The first kappa shape index (κ1) is 14.3. The van der Waals surface area contributed by atoms with Crippen molar-refractivity contribution in [3.8, 4) is 0 Å². The van der Waals surface area contributed by atoms with Crippen molar-refractivity contribution < 1.29 is 14.7 Å². The van der Waals surface area contributed by atoms with Crippen LogP contribution in [0.15, 0.2) is 0 Å². The molecule has 0 bridgehead atoms. The van der Waals surface area contributed by atoms with Gasteiger partial charge in [0, 0.05) is 26.2 Å². The first-order chi connectivity index (χ1) is 9.11. The molecule has 19 heavy (non-hydrogen) atoms. The number of hydrogen-bond donors (Lipinski definition) is 2. The quantitative estimate of drug-likeness (QED) is 0.736. The van der Waals surface area contributed by atoms with Crippen LogP contribution in [0, 0.1) is 0 Å². The van der Waals surface area contributed by atoms with Gasteiger partial charge in [-0.25, -0.2) is 0 Å². The summed E-state index contributed by atoms with van der Waals surface area (Å²) >= 11 is 0. The number of nitrogens with one attached hydrogen (secondary N) is 1. The maximum absolute atomic E-state index is 11.3. The van der Waals surface area contributed by atoms with E-state index < -0.39 is 5.97 Å². The number of carboxylic acid groups (broad SMARTS) is 1. The standard InChI is InChI=1S/C13H23N3O3/c1-14-12(17)9-15-7-4-10(5-8-15)16-6-2-3-11(16)13(18)19/h10-11H,2-9H2,1H3,(H,14,17)(H,18,19). The summed E-state index contributed by atoms with van der Waals surface area (Å²) in [5.41, 5.74) is 0. The molecule has 0 aromatic heterocycles. The van der Waals surface area contributed by atoms with Gasteiger partial charge in [-0.1, -0.05) is 0 Å². The maximum atomic E-state index is 11.3. The Morgan fingerprint density at radius 1 is 1.21 bits per heavy atom. The van der Waals surface area contributed by atoms with Crippen LogP contribution < -0.4 is 5.32 Å². The van der Waals surface area contributed by atoms with Crippen LogP contribution in [0.3, 0.4) is 0 Å². The van der Waals surface area contributed by atoms with Crippen molar-refractivity contribution in [2.24, 2.45) is 0 Å². The molecule has 2 saturated heterocycles. The van der Waals surface area contributed by atoms with Gasteiger partial charge < -0.3 is 10.4 Å². The Morgan fingerprint density at radius 2 is 1.89 bits per heavy atom. The topological polar surface area (TPSA) is 72.9 Å². The lowest BCUT2D eigenvalue weighted by molar-refractivity contribution is -0.143. The molecule has 1 amide bonds.